The third-order valence-corrected chi connectivity index (χ3v) is 2.03. The Hall–Kier alpha value is -0.610. The second-order valence-electron chi connectivity index (χ2n) is 4.79. The number of hydrogen-bond acceptors (Lipinski definition) is 4. The number of rotatable bonds is 2. The molecule has 2 N–H and O–H groups in total. The lowest BCUT2D eigenvalue weighted by atomic mass is 10.1. The number of esters is 1. The molecule has 1 aliphatic rings. The van der Waals surface area contributed by atoms with Crippen LogP contribution in [-0.2, 0) is 9.53 Å². The molecule has 0 amide bonds. The molecule has 0 spiro atoms. The molecular formula is C10H19NO3. The summed E-state index contributed by atoms with van der Waals surface area (Å²) >= 11 is 0. The summed E-state index contributed by atoms with van der Waals surface area (Å²) in [6, 6.07) is 0.0693. The standard InChI is InChI=1S/C10H19NO3/c1-10(2,3)14-9(13)5-7-4-8(12)6-11-7/h7-8,11-12H,4-6H2,1-3H3/t7-,8+/m0/s1. The molecule has 1 fully saturated rings. The first kappa shape index (κ1) is 11.5. The molecule has 4 heteroatoms. The molecule has 0 aromatic heterocycles. The molecule has 0 unspecified atom stereocenters. The minimum Gasteiger partial charge on any atom is -0.460 e. The number of carbonyl (C=O) groups is 1. The summed E-state index contributed by atoms with van der Waals surface area (Å²) in [6.07, 6.45) is 0.663. The third-order valence-electron chi connectivity index (χ3n) is 2.03. The highest BCUT2D eigenvalue weighted by Gasteiger charge is 2.26. The first-order valence-corrected chi connectivity index (χ1v) is 5.00. The molecule has 2 atom stereocenters. The fourth-order valence-electron chi connectivity index (χ4n) is 1.54. The number of aliphatic hydroxyl groups excluding tert-OH is 1. The first-order chi connectivity index (χ1) is 6.37. The average Bonchev–Trinajstić information content (AvgIpc) is 2.30. The quantitative estimate of drug-likeness (QED) is 0.636. The lowest BCUT2D eigenvalue weighted by Gasteiger charge is -2.20. The summed E-state index contributed by atoms with van der Waals surface area (Å²) in [7, 11) is 0. The third kappa shape index (κ3) is 4.07. The Morgan fingerprint density at radius 3 is 2.64 bits per heavy atom. The van der Waals surface area contributed by atoms with E-state index in [2.05, 4.69) is 5.32 Å². The zero-order valence-electron chi connectivity index (χ0n) is 9.04. The van der Waals surface area contributed by atoms with Crippen LogP contribution >= 0.6 is 0 Å². The van der Waals surface area contributed by atoms with E-state index in [9.17, 15) is 9.90 Å². The van der Waals surface area contributed by atoms with E-state index in [1.165, 1.54) is 0 Å². The van der Waals surface area contributed by atoms with Gasteiger partial charge in [0.15, 0.2) is 0 Å². The highest BCUT2D eigenvalue weighted by molar-refractivity contribution is 5.70. The van der Waals surface area contributed by atoms with Gasteiger partial charge in [-0.15, -0.1) is 0 Å². The molecule has 1 rings (SSSR count). The van der Waals surface area contributed by atoms with Crippen molar-refractivity contribution >= 4 is 5.97 Å². The van der Waals surface area contributed by atoms with Crippen molar-refractivity contribution in [3.05, 3.63) is 0 Å². The first-order valence-electron chi connectivity index (χ1n) is 5.00. The van der Waals surface area contributed by atoms with Crippen LogP contribution in [0, 0.1) is 0 Å². The van der Waals surface area contributed by atoms with Crippen molar-refractivity contribution in [1.82, 2.24) is 5.32 Å². The highest BCUT2D eigenvalue weighted by Crippen LogP contribution is 2.14. The molecule has 0 aromatic carbocycles. The van der Waals surface area contributed by atoms with E-state index in [1.54, 1.807) is 0 Å². The predicted octanol–water partition coefficient (Wildman–Crippen LogP) is 0.441. The molecular weight excluding hydrogens is 182 g/mol. The van der Waals surface area contributed by atoms with Gasteiger partial charge in [-0.05, 0) is 27.2 Å². The zero-order chi connectivity index (χ0) is 10.8. The van der Waals surface area contributed by atoms with Gasteiger partial charge in [0.25, 0.3) is 0 Å². The van der Waals surface area contributed by atoms with E-state index in [4.69, 9.17) is 4.74 Å². The van der Waals surface area contributed by atoms with Crippen LogP contribution in [0.2, 0.25) is 0 Å². The number of hydrogen-bond donors (Lipinski definition) is 2. The van der Waals surface area contributed by atoms with E-state index in [0.29, 0.717) is 19.4 Å². The van der Waals surface area contributed by atoms with Crippen molar-refractivity contribution in [2.75, 3.05) is 6.54 Å². The zero-order valence-corrected chi connectivity index (χ0v) is 9.04. The fraction of sp³-hybridized carbons (Fsp3) is 0.900. The van der Waals surface area contributed by atoms with Crippen molar-refractivity contribution in [3.8, 4) is 0 Å². The monoisotopic (exact) mass is 201 g/mol. The molecule has 0 bridgehead atoms. The van der Waals surface area contributed by atoms with Crippen LogP contribution in [-0.4, -0.2) is 35.4 Å². The Balaban J connectivity index is 2.27. The van der Waals surface area contributed by atoms with E-state index in [1.807, 2.05) is 20.8 Å². The van der Waals surface area contributed by atoms with Crippen LogP contribution in [0.5, 0.6) is 0 Å². The van der Waals surface area contributed by atoms with Gasteiger partial charge in [-0.2, -0.15) is 0 Å². The van der Waals surface area contributed by atoms with Gasteiger partial charge in [0.2, 0.25) is 0 Å². The minimum atomic E-state index is -0.422. The lowest BCUT2D eigenvalue weighted by molar-refractivity contribution is -0.155. The van der Waals surface area contributed by atoms with Crippen molar-refractivity contribution in [2.24, 2.45) is 0 Å². The number of β-amino-alcohol motifs (C(OH)–C–C–N with tert-alkyl or cyclic N) is 1. The topological polar surface area (TPSA) is 58.6 Å². The van der Waals surface area contributed by atoms with Crippen LogP contribution in [0.25, 0.3) is 0 Å². The maximum atomic E-state index is 11.4. The fourth-order valence-corrected chi connectivity index (χ4v) is 1.54. The Labute approximate surface area is 84.6 Å². The van der Waals surface area contributed by atoms with Crippen molar-refractivity contribution < 1.29 is 14.6 Å². The second-order valence-corrected chi connectivity index (χ2v) is 4.79. The van der Waals surface area contributed by atoms with E-state index in [-0.39, 0.29) is 18.1 Å². The molecule has 0 aromatic rings. The van der Waals surface area contributed by atoms with E-state index in [0.717, 1.165) is 0 Å². The predicted molar refractivity (Wildman–Crippen MR) is 52.9 cm³/mol. The van der Waals surface area contributed by atoms with Gasteiger partial charge in [-0.3, -0.25) is 4.79 Å². The molecule has 4 nitrogen and oxygen atoms in total. The summed E-state index contributed by atoms with van der Waals surface area (Å²) in [5.41, 5.74) is -0.422. The number of nitrogens with one attached hydrogen (secondary N) is 1. The van der Waals surface area contributed by atoms with E-state index >= 15 is 0 Å². The number of ether oxygens (including phenoxy) is 1. The van der Waals surface area contributed by atoms with Crippen molar-refractivity contribution in [1.29, 1.82) is 0 Å². The Morgan fingerprint density at radius 1 is 1.57 bits per heavy atom. The SMILES string of the molecule is CC(C)(C)OC(=O)C[C@@H]1C[C@@H](O)CN1. The van der Waals surface area contributed by atoms with Crippen LogP contribution in [0.1, 0.15) is 33.6 Å². The van der Waals surface area contributed by atoms with Crippen LogP contribution < -0.4 is 5.32 Å². The molecule has 82 valence electrons. The Kier molecular flexibility index (Phi) is 3.50. The molecule has 1 heterocycles. The molecule has 14 heavy (non-hydrogen) atoms. The van der Waals surface area contributed by atoms with E-state index < -0.39 is 5.60 Å². The smallest absolute Gasteiger partial charge is 0.307 e. The largest absolute Gasteiger partial charge is 0.460 e. The summed E-state index contributed by atoms with van der Waals surface area (Å²) in [4.78, 5) is 11.4. The molecule has 1 saturated heterocycles. The summed E-state index contributed by atoms with van der Waals surface area (Å²) in [6.45, 7) is 6.12. The maximum Gasteiger partial charge on any atom is 0.307 e. The van der Waals surface area contributed by atoms with Crippen LogP contribution in [0.4, 0.5) is 0 Å². The molecule has 1 aliphatic heterocycles. The minimum absolute atomic E-state index is 0.0693. The van der Waals surface area contributed by atoms with Gasteiger partial charge in [0, 0.05) is 12.6 Å². The van der Waals surface area contributed by atoms with Crippen LogP contribution in [0.15, 0.2) is 0 Å². The van der Waals surface area contributed by atoms with Gasteiger partial charge in [-0.25, -0.2) is 0 Å². The second kappa shape index (κ2) is 4.28. The van der Waals surface area contributed by atoms with Gasteiger partial charge in [0.1, 0.15) is 5.60 Å². The van der Waals surface area contributed by atoms with Crippen molar-refractivity contribution in [3.63, 3.8) is 0 Å². The van der Waals surface area contributed by atoms with Gasteiger partial charge in [0.05, 0.1) is 12.5 Å². The number of aliphatic hydroxyl groups is 1. The summed E-state index contributed by atoms with van der Waals surface area (Å²) in [5, 5.41) is 12.3. The van der Waals surface area contributed by atoms with Gasteiger partial charge in [-0.1, -0.05) is 0 Å². The summed E-state index contributed by atoms with van der Waals surface area (Å²) in [5.74, 6) is -0.205. The summed E-state index contributed by atoms with van der Waals surface area (Å²) < 4.78 is 5.17. The number of carbonyl (C=O) groups excluding carboxylic acids is 1. The molecule has 0 aliphatic carbocycles. The van der Waals surface area contributed by atoms with Crippen LogP contribution in [0.3, 0.4) is 0 Å². The van der Waals surface area contributed by atoms with Crippen molar-refractivity contribution in [2.45, 2.75) is 51.4 Å². The molecule has 0 radical (unpaired) electrons. The Bertz CT molecular complexity index is 210. The highest BCUT2D eigenvalue weighted by atomic mass is 16.6. The van der Waals surface area contributed by atoms with Gasteiger partial charge < -0.3 is 15.2 Å². The maximum absolute atomic E-state index is 11.4. The normalized spacial score (nSPS) is 27.7. The average molecular weight is 201 g/mol. The molecule has 0 saturated carbocycles. The van der Waals surface area contributed by atoms with Gasteiger partial charge >= 0.3 is 5.97 Å². The Morgan fingerprint density at radius 2 is 2.21 bits per heavy atom. The lowest BCUT2D eigenvalue weighted by Crippen LogP contribution is -2.30.